The number of aromatic nitrogens is 4. The molecule has 0 radical (unpaired) electrons. The molecule has 0 aliphatic carbocycles. The highest BCUT2D eigenvalue weighted by Gasteiger charge is 2.14. The van der Waals surface area contributed by atoms with Crippen LogP contribution in [0.4, 0.5) is 11.5 Å². The molecular weight excluding hydrogens is 384 g/mol. The van der Waals surface area contributed by atoms with Crippen molar-refractivity contribution in [3.05, 3.63) is 47.6 Å². The first-order valence-electron chi connectivity index (χ1n) is 8.15. The zero-order valence-electron chi connectivity index (χ0n) is 15.2. The number of anilines is 2. The molecule has 1 aromatic carbocycles. The molecule has 140 valence electrons. The molecule has 0 aliphatic rings. The summed E-state index contributed by atoms with van der Waals surface area (Å²) in [5.74, 6) is 1.24. The Morgan fingerprint density at radius 2 is 2.07 bits per heavy atom. The van der Waals surface area contributed by atoms with Crippen LogP contribution in [0.15, 0.2) is 47.8 Å². The van der Waals surface area contributed by atoms with E-state index in [1.807, 2.05) is 48.8 Å². The van der Waals surface area contributed by atoms with Crippen molar-refractivity contribution in [2.24, 2.45) is 7.05 Å². The van der Waals surface area contributed by atoms with Crippen molar-refractivity contribution >= 4 is 40.8 Å². The molecule has 0 fully saturated rings. The van der Waals surface area contributed by atoms with E-state index in [9.17, 15) is 4.79 Å². The van der Waals surface area contributed by atoms with Crippen molar-refractivity contribution in [2.45, 2.75) is 5.16 Å². The van der Waals surface area contributed by atoms with Crippen LogP contribution in [0.5, 0.6) is 0 Å². The molecule has 0 atom stereocenters. The van der Waals surface area contributed by atoms with Crippen molar-refractivity contribution in [1.82, 2.24) is 19.7 Å². The van der Waals surface area contributed by atoms with Gasteiger partial charge in [-0.05, 0) is 24.3 Å². The van der Waals surface area contributed by atoms with Crippen LogP contribution in [0.25, 0.3) is 11.4 Å². The highest BCUT2D eigenvalue weighted by molar-refractivity contribution is 7.99. The van der Waals surface area contributed by atoms with Gasteiger partial charge in [-0.3, -0.25) is 4.79 Å². The third-order valence-electron chi connectivity index (χ3n) is 3.78. The average molecular weight is 403 g/mol. The van der Waals surface area contributed by atoms with E-state index in [2.05, 4.69) is 26.6 Å². The number of benzene rings is 1. The fourth-order valence-electron chi connectivity index (χ4n) is 2.37. The van der Waals surface area contributed by atoms with Gasteiger partial charge < -0.3 is 14.8 Å². The molecule has 0 unspecified atom stereocenters. The van der Waals surface area contributed by atoms with Gasteiger partial charge in [0.25, 0.3) is 0 Å². The highest BCUT2D eigenvalue weighted by atomic mass is 35.5. The average Bonchev–Trinajstić information content (AvgIpc) is 3.02. The van der Waals surface area contributed by atoms with Crippen molar-refractivity contribution in [1.29, 1.82) is 0 Å². The molecule has 0 aliphatic heterocycles. The number of halogens is 1. The maximum atomic E-state index is 12.1. The van der Waals surface area contributed by atoms with E-state index in [1.165, 1.54) is 18.0 Å². The van der Waals surface area contributed by atoms with Crippen LogP contribution in [0, 0.1) is 0 Å². The number of pyridine rings is 1. The Labute approximate surface area is 166 Å². The lowest BCUT2D eigenvalue weighted by Crippen LogP contribution is -2.15. The summed E-state index contributed by atoms with van der Waals surface area (Å²) in [5.41, 5.74) is 2.05. The fourth-order valence-corrected chi connectivity index (χ4v) is 3.20. The summed E-state index contributed by atoms with van der Waals surface area (Å²) in [5, 5.41) is 12.4. The molecule has 2 heterocycles. The standard InChI is InChI=1S/C18H19ClN6OS/c1-24(2)14-6-4-5-12(9-14)17-22-23-18(25(17)3)27-11-16(26)21-15-8-7-13(19)10-20-15/h4-10H,11H2,1-3H3,(H,20,21,26). The summed E-state index contributed by atoms with van der Waals surface area (Å²) in [6.45, 7) is 0. The molecule has 1 amide bonds. The largest absolute Gasteiger partial charge is 0.378 e. The van der Waals surface area contributed by atoms with Crippen molar-refractivity contribution in [3.8, 4) is 11.4 Å². The van der Waals surface area contributed by atoms with E-state index in [1.54, 1.807) is 12.1 Å². The summed E-state index contributed by atoms with van der Waals surface area (Å²) >= 11 is 7.10. The van der Waals surface area contributed by atoms with Crippen LogP contribution in [0.3, 0.4) is 0 Å². The van der Waals surface area contributed by atoms with Gasteiger partial charge >= 0.3 is 0 Å². The van der Waals surface area contributed by atoms with Crippen LogP contribution < -0.4 is 10.2 Å². The smallest absolute Gasteiger partial charge is 0.236 e. The predicted molar refractivity (Wildman–Crippen MR) is 109 cm³/mol. The predicted octanol–water partition coefficient (Wildman–Crippen LogP) is 3.33. The quantitative estimate of drug-likeness (QED) is 0.637. The van der Waals surface area contributed by atoms with Crippen molar-refractivity contribution < 1.29 is 4.79 Å². The van der Waals surface area contributed by atoms with E-state index in [4.69, 9.17) is 11.6 Å². The van der Waals surface area contributed by atoms with Gasteiger partial charge in [0.2, 0.25) is 5.91 Å². The Balaban J connectivity index is 1.66. The summed E-state index contributed by atoms with van der Waals surface area (Å²) in [7, 11) is 5.87. The molecule has 3 rings (SSSR count). The SMILES string of the molecule is CN(C)c1cccc(-c2nnc(SCC(=O)Nc3ccc(Cl)cn3)n2C)c1. The van der Waals surface area contributed by atoms with Gasteiger partial charge in [0, 0.05) is 38.6 Å². The monoisotopic (exact) mass is 402 g/mol. The minimum atomic E-state index is -0.172. The van der Waals surface area contributed by atoms with Gasteiger partial charge in [-0.15, -0.1) is 10.2 Å². The normalized spacial score (nSPS) is 10.7. The number of hydrogen-bond acceptors (Lipinski definition) is 6. The lowest BCUT2D eigenvalue weighted by molar-refractivity contribution is -0.113. The summed E-state index contributed by atoms with van der Waals surface area (Å²) < 4.78 is 1.88. The fraction of sp³-hybridized carbons (Fsp3) is 0.222. The Morgan fingerprint density at radius 1 is 1.26 bits per heavy atom. The minimum Gasteiger partial charge on any atom is -0.378 e. The number of thioether (sulfide) groups is 1. The van der Waals surface area contributed by atoms with Crippen molar-refractivity contribution in [3.63, 3.8) is 0 Å². The Morgan fingerprint density at radius 3 is 2.78 bits per heavy atom. The number of rotatable bonds is 6. The molecule has 0 saturated carbocycles. The van der Waals surface area contributed by atoms with E-state index >= 15 is 0 Å². The Hall–Kier alpha value is -2.58. The third kappa shape index (κ3) is 4.78. The van der Waals surface area contributed by atoms with Gasteiger partial charge in [-0.25, -0.2) is 4.98 Å². The second-order valence-electron chi connectivity index (χ2n) is 6.01. The van der Waals surface area contributed by atoms with Gasteiger partial charge in [0.05, 0.1) is 10.8 Å². The lowest BCUT2D eigenvalue weighted by atomic mass is 10.2. The van der Waals surface area contributed by atoms with Crippen molar-refractivity contribution in [2.75, 3.05) is 30.1 Å². The molecule has 2 aromatic heterocycles. The van der Waals surface area contributed by atoms with Crippen LogP contribution >= 0.6 is 23.4 Å². The van der Waals surface area contributed by atoms with Gasteiger partial charge in [-0.2, -0.15) is 0 Å². The zero-order valence-corrected chi connectivity index (χ0v) is 16.8. The van der Waals surface area contributed by atoms with Gasteiger partial charge in [0.1, 0.15) is 5.82 Å². The Kier molecular flexibility index (Phi) is 5.98. The molecule has 1 N–H and O–H groups in total. The van der Waals surface area contributed by atoms with Gasteiger partial charge in [-0.1, -0.05) is 35.5 Å². The molecular formula is C18H19ClN6OS. The lowest BCUT2D eigenvalue weighted by Gasteiger charge is -2.13. The molecule has 27 heavy (non-hydrogen) atoms. The summed E-state index contributed by atoms with van der Waals surface area (Å²) in [6, 6.07) is 11.4. The van der Waals surface area contributed by atoms with E-state index in [0.29, 0.717) is 16.0 Å². The number of hydrogen-bond donors (Lipinski definition) is 1. The molecule has 7 nitrogen and oxygen atoms in total. The molecule has 0 spiro atoms. The molecule has 0 bridgehead atoms. The number of amides is 1. The Bertz CT molecular complexity index is 941. The van der Waals surface area contributed by atoms with Crippen LogP contribution in [0.1, 0.15) is 0 Å². The first-order chi connectivity index (χ1) is 12.9. The second-order valence-corrected chi connectivity index (χ2v) is 7.39. The van der Waals surface area contributed by atoms with Crippen LogP contribution in [-0.4, -0.2) is 45.5 Å². The maximum absolute atomic E-state index is 12.1. The van der Waals surface area contributed by atoms with E-state index in [-0.39, 0.29) is 11.7 Å². The van der Waals surface area contributed by atoms with E-state index < -0.39 is 0 Å². The number of nitrogens with one attached hydrogen (secondary N) is 1. The topological polar surface area (TPSA) is 75.9 Å². The maximum Gasteiger partial charge on any atom is 0.236 e. The first kappa shape index (κ1) is 19.2. The molecule has 3 aromatic rings. The minimum absolute atomic E-state index is 0.172. The highest BCUT2D eigenvalue weighted by Crippen LogP contribution is 2.25. The third-order valence-corrected chi connectivity index (χ3v) is 5.03. The second kappa shape index (κ2) is 8.41. The number of carbonyl (C=O) groups excluding carboxylic acids is 1. The van der Waals surface area contributed by atoms with E-state index in [0.717, 1.165) is 17.1 Å². The zero-order chi connectivity index (χ0) is 19.4. The first-order valence-corrected chi connectivity index (χ1v) is 9.52. The molecule has 0 saturated heterocycles. The summed E-state index contributed by atoms with van der Waals surface area (Å²) in [6.07, 6.45) is 1.49. The van der Waals surface area contributed by atoms with Gasteiger partial charge in [0.15, 0.2) is 11.0 Å². The number of carbonyl (C=O) groups is 1. The molecule has 9 heteroatoms. The summed E-state index contributed by atoms with van der Waals surface area (Å²) in [4.78, 5) is 18.2. The van der Waals surface area contributed by atoms with Crippen LogP contribution in [-0.2, 0) is 11.8 Å². The number of nitrogens with zero attached hydrogens (tertiary/aromatic N) is 5. The van der Waals surface area contributed by atoms with Crippen LogP contribution in [0.2, 0.25) is 5.02 Å².